The monoisotopic (exact) mass is 683 g/mol. The molecule has 0 aliphatic heterocycles. The van der Waals surface area contributed by atoms with Gasteiger partial charge in [0.25, 0.3) is 8.41 Å². The molecule has 262 valence electrons. The van der Waals surface area contributed by atoms with E-state index in [4.69, 9.17) is 0 Å². The normalized spacial score (nSPS) is 13.0. The van der Waals surface area contributed by atoms with Gasteiger partial charge in [-0.3, -0.25) is 0 Å². The van der Waals surface area contributed by atoms with Crippen LogP contribution in [0.1, 0.15) is 126 Å². The molecule has 0 aliphatic rings. The molecule has 0 bridgehead atoms. The SMILES string of the molecule is CC(C)(C)[SiH2]C(C)(C)C.CC(C)(C)[SiH](c1ccccc1)C(C)(C)C.CC(C)(C)[Si]([19F])(c1ccccc1)C(C)(C)C.[HH].c1ccccc1. The highest BCUT2D eigenvalue weighted by atomic mass is 28.4. The summed E-state index contributed by atoms with van der Waals surface area (Å²) in [7, 11) is -3.91. The molecule has 0 N–H and O–H groups in total. The predicted octanol–water partition coefficient (Wildman–Crippen LogP) is 12.7. The standard InChI is InChI=1S/C14H23FSi.C14H24Si.C8H20Si.C6H6.H2/c1-13(2,3)16(15,14(4,5)6)12-10-8-7-9-11-12;1-13(2,3)15(14(4,5)6)12-10-8-7-9-11-12;1-7(2,3)9-8(4,5)6;1-2-4-6-5-3-1;/h7-11H,1-6H3;7-11,15H,1-6H3;9H2,1-6H3;1-6H;1H/i15+0;;;;. The van der Waals surface area contributed by atoms with Crippen molar-refractivity contribution in [1.82, 2.24) is 0 Å². The molecule has 0 nitrogen and oxygen atoms in total. The van der Waals surface area contributed by atoms with Crippen LogP contribution < -0.4 is 10.4 Å². The third-order valence-corrected chi connectivity index (χ3v) is 19.7. The fraction of sp³-hybridized carbons (Fsp3) is 0.571. The van der Waals surface area contributed by atoms with Crippen LogP contribution in [-0.4, -0.2) is 26.7 Å². The van der Waals surface area contributed by atoms with Crippen molar-refractivity contribution in [3.05, 3.63) is 97.1 Å². The zero-order chi connectivity index (χ0) is 36.3. The summed E-state index contributed by atoms with van der Waals surface area (Å²) in [5, 5.41) is 4.07. The Balaban J connectivity index is 0. The van der Waals surface area contributed by atoms with Crippen molar-refractivity contribution in [3.63, 3.8) is 0 Å². The van der Waals surface area contributed by atoms with Gasteiger partial charge in [0, 0.05) is 10.9 Å². The van der Waals surface area contributed by atoms with Crippen LogP contribution in [0.5, 0.6) is 0 Å². The minimum atomic E-state index is -3.03. The first kappa shape index (κ1) is 44.2. The summed E-state index contributed by atoms with van der Waals surface area (Å²) in [4.78, 5) is 0. The summed E-state index contributed by atoms with van der Waals surface area (Å²) in [6.45, 7) is 40.6. The van der Waals surface area contributed by atoms with Crippen LogP contribution in [0.2, 0.25) is 30.2 Å². The highest BCUT2D eigenvalue weighted by Crippen LogP contribution is 2.51. The van der Waals surface area contributed by atoms with E-state index in [9.17, 15) is 0 Å². The Bertz CT molecular complexity index is 1140. The largest absolute Gasteiger partial charge is 0.307 e. The molecule has 0 heterocycles. The summed E-state index contributed by atoms with van der Waals surface area (Å²) in [6, 6.07) is 32.8. The number of benzene rings is 3. The summed E-state index contributed by atoms with van der Waals surface area (Å²) in [6.07, 6.45) is 0. The predicted molar refractivity (Wildman–Crippen MR) is 222 cm³/mol. The molecule has 0 saturated carbocycles. The van der Waals surface area contributed by atoms with Gasteiger partial charge in [0.15, 0.2) is 0 Å². The topological polar surface area (TPSA) is 0 Å². The van der Waals surface area contributed by atoms with Gasteiger partial charge in [0.1, 0.15) is 0 Å². The first-order chi connectivity index (χ1) is 20.5. The Kier molecular flexibility index (Phi) is 16.9. The lowest BCUT2D eigenvalue weighted by molar-refractivity contribution is 0.535. The number of halogens is 1. The van der Waals surface area contributed by atoms with Crippen LogP contribution in [0.3, 0.4) is 0 Å². The molecule has 0 unspecified atom stereocenters. The van der Waals surface area contributed by atoms with E-state index in [1.165, 1.54) is 0 Å². The molecule has 0 fully saturated rings. The van der Waals surface area contributed by atoms with Crippen molar-refractivity contribution >= 4 is 37.1 Å². The Morgan fingerprint density at radius 3 is 0.935 bits per heavy atom. The molecule has 0 spiro atoms. The quantitative estimate of drug-likeness (QED) is 0.186. The highest BCUT2D eigenvalue weighted by molar-refractivity contribution is 6.90. The van der Waals surface area contributed by atoms with Crippen molar-refractivity contribution in [2.75, 3.05) is 0 Å². The van der Waals surface area contributed by atoms with Crippen LogP contribution in [0.4, 0.5) is 4.11 Å². The summed E-state index contributed by atoms with van der Waals surface area (Å²) >= 11 is 0. The average molecular weight is 683 g/mol. The van der Waals surface area contributed by atoms with Gasteiger partial charge in [0.05, 0.1) is 8.80 Å². The van der Waals surface area contributed by atoms with Gasteiger partial charge in [-0.15, -0.1) is 0 Å². The molecule has 46 heavy (non-hydrogen) atoms. The third-order valence-electron chi connectivity index (χ3n) is 7.83. The van der Waals surface area contributed by atoms with Crippen LogP contribution in [0, 0.1) is 0 Å². The summed E-state index contributed by atoms with van der Waals surface area (Å²) in [5.41, 5.74) is 0. The molecule has 4 heteroatoms. The fourth-order valence-corrected chi connectivity index (χ4v) is 20.6. The van der Waals surface area contributed by atoms with Crippen molar-refractivity contribution in [2.45, 2.75) is 155 Å². The second-order valence-corrected chi connectivity index (χ2v) is 34.0. The van der Waals surface area contributed by atoms with E-state index in [1.807, 2.05) is 108 Å². The van der Waals surface area contributed by atoms with E-state index in [1.54, 1.807) is 5.19 Å². The van der Waals surface area contributed by atoms with Crippen molar-refractivity contribution < 1.29 is 5.53 Å². The molecule has 3 rings (SSSR count). The molecule has 0 saturated heterocycles. The van der Waals surface area contributed by atoms with Gasteiger partial charge in [-0.2, -0.15) is 0 Å². The fourth-order valence-electron chi connectivity index (χ4n) is 7.58. The summed E-state index contributed by atoms with van der Waals surface area (Å²) < 4.78 is 15.7. The van der Waals surface area contributed by atoms with Crippen molar-refractivity contribution in [2.24, 2.45) is 0 Å². The average Bonchev–Trinajstić information content (AvgIpc) is 2.86. The zero-order valence-electron chi connectivity index (χ0n) is 33.4. The van der Waals surface area contributed by atoms with Crippen LogP contribution in [0.25, 0.3) is 0 Å². The second kappa shape index (κ2) is 17.6. The molecule has 3 aromatic rings. The van der Waals surface area contributed by atoms with Crippen LogP contribution >= 0.6 is 0 Å². The lowest BCUT2D eigenvalue weighted by Gasteiger charge is -2.44. The maximum absolute atomic E-state index is 15.7. The van der Waals surface area contributed by atoms with Gasteiger partial charge in [-0.25, -0.2) is 0 Å². The Morgan fingerprint density at radius 1 is 0.457 bits per heavy atom. The minimum absolute atomic E-state index is 0. The zero-order valence-corrected chi connectivity index (χ0v) is 37.0. The van der Waals surface area contributed by atoms with E-state index < -0.39 is 17.2 Å². The molecule has 0 radical (unpaired) electrons. The van der Waals surface area contributed by atoms with Gasteiger partial charge in [-0.05, 0) is 35.4 Å². The number of hydrogen-bond donors (Lipinski definition) is 0. The highest BCUT2D eigenvalue weighted by Gasteiger charge is 2.56. The van der Waals surface area contributed by atoms with E-state index in [0.29, 0.717) is 20.2 Å². The van der Waals surface area contributed by atoms with E-state index in [0.717, 1.165) is 5.19 Å². The van der Waals surface area contributed by atoms with Crippen molar-refractivity contribution in [1.29, 1.82) is 0 Å². The van der Waals surface area contributed by atoms with E-state index >= 15 is 4.11 Å². The van der Waals surface area contributed by atoms with E-state index in [-0.39, 0.29) is 21.0 Å². The van der Waals surface area contributed by atoms with Crippen LogP contribution in [-0.2, 0) is 0 Å². The minimum Gasteiger partial charge on any atom is -0.307 e. The van der Waals surface area contributed by atoms with Gasteiger partial charge in [-0.1, -0.05) is 227 Å². The molecule has 0 aromatic heterocycles. The van der Waals surface area contributed by atoms with Crippen molar-refractivity contribution in [3.8, 4) is 0 Å². The third kappa shape index (κ3) is 16.4. The maximum atomic E-state index is 15.7. The first-order valence-electron chi connectivity index (χ1n) is 17.3. The molecular weight excluding hydrogens is 608 g/mol. The van der Waals surface area contributed by atoms with Crippen LogP contribution in [0.15, 0.2) is 97.1 Å². The van der Waals surface area contributed by atoms with Gasteiger partial charge < -0.3 is 4.11 Å². The molecule has 0 atom stereocenters. The Morgan fingerprint density at radius 2 is 0.717 bits per heavy atom. The number of rotatable bonds is 2. The van der Waals surface area contributed by atoms with E-state index in [2.05, 4.69) is 113 Å². The lowest BCUT2D eigenvalue weighted by Crippen LogP contribution is -2.57. The van der Waals surface area contributed by atoms with Gasteiger partial charge in [0.2, 0.25) is 0 Å². The first-order valence-corrected chi connectivity index (χ1v) is 22.4. The second-order valence-electron chi connectivity index (χ2n) is 19.6. The maximum Gasteiger partial charge on any atom is 0.288 e. The molecule has 0 aliphatic carbocycles. The molecule has 3 aromatic carbocycles. The Labute approximate surface area is 293 Å². The number of hydrogen-bond acceptors (Lipinski definition) is 0. The lowest BCUT2D eigenvalue weighted by atomic mass is 10.2. The smallest absolute Gasteiger partial charge is 0.288 e. The van der Waals surface area contributed by atoms with Gasteiger partial charge >= 0.3 is 0 Å². The molecule has 0 amide bonds. The molecular formula is C42H75FSi3. The summed E-state index contributed by atoms with van der Waals surface area (Å²) in [5.74, 6) is 0. The Hall–Kier alpha value is -1.76.